The standard InChI is InChI=1S/C13H10N2O3S/c16-12(17)8-3-4-11-10(6-8)14-13(18)15(11)7-9-2-1-5-19-9/h1-6H,7H2,(H,14,18)(H,16,17). The van der Waals surface area contributed by atoms with Crippen molar-refractivity contribution in [3.8, 4) is 0 Å². The number of H-pyrrole nitrogens is 1. The van der Waals surface area contributed by atoms with Gasteiger partial charge in [-0.3, -0.25) is 4.57 Å². The quantitative estimate of drug-likeness (QED) is 0.768. The third-order valence-corrected chi connectivity index (χ3v) is 3.78. The van der Waals surface area contributed by atoms with E-state index in [1.807, 2.05) is 17.5 Å². The molecule has 3 rings (SSSR count). The van der Waals surface area contributed by atoms with E-state index in [0.29, 0.717) is 17.6 Å². The van der Waals surface area contributed by atoms with Gasteiger partial charge in [-0.2, -0.15) is 0 Å². The van der Waals surface area contributed by atoms with Crippen LogP contribution in [0.2, 0.25) is 0 Å². The lowest BCUT2D eigenvalue weighted by molar-refractivity contribution is 0.0697. The Kier molecular flexibility index (Phi) is 2.72. The number of carbonyl (C=O) groups is 1. The normalized spacial score (nSPS) is 10.9. The van der Waals surface area contributed by atoms with Gasteiger partial charge in [-0.15, -0.1) is 11.3 Å². The van der Waals surface area contributed by atoms with Gasteiger partial charge >= 0.3 is 11.7 Å². The number of fused-ring (bicyclic) bond motifs is 1. The van der Waals surface area contributed by atoms with E-state index >= 15 is 0 Å². The molecule has 1 aromatic carbocycles. The van der Waals surface area contributed by atoms with Gasteiger partial charge in [-0.25, -0.2) is 9.59 Å². The molecule has 0 saturated carbocycles. The molecule has 0 spiro atoms. The van der Waals surface area contributed by atoms with Crippen LogP contribution in [0.4, 0.5) is 0 Å². The number of rotatable bonds is 3. The number of aromatic carboxylic acids is 1. The van der Waals surface area contributed by atoms with Crippen molar-refractivity contribution in [1.82, 2.24) is 9.55 Å². The highest BCUT2D eigenvalue weighted by Gasteiger charge is 2.10. The van der Waals surface area contributed by atoms with Crippen LogP contribution in [0.25, 0.3) is 11.0 Å². The Bertz CT molecular complexity index is 799. The average molecular weight is 274 g/mol. The molecule has 0 radical (unpaired) electrons. The van der Waals surface area contributed by atoms with Crippen molar-refractivity contribution in [2.75, 3.05) is 0 Å². The van der Waals surface area contributed by atoms with E-state index in [0.717, 1.165) is 4.88 Å². The maximum Gasteiger partial charge on any atom is 0.335 e. The van der Waals surface area contributed by atoms with E-state index in [1.54, 1.807) is 22.0 Å². The number of nitrogens with zero attached hydrogens (tertiary/aromatic N) is 1. The predicted octanol–water partition coefficient (Wildman–Crippen LogP) is 2.14. The summed E-state index contributed by atoms with van der Waals surface area (Å²) in [5.41, 5.74) is 1.19. The molecule has 0 unspecified atom stereocenters. The number of carboxylic acid groups (broad SMARTS) is 1. The molecule has 0 bridgehead atoms. The Morgan fingerprint density at radius 2 is 2.21 bits per heavy atom. The highest BCUT2D eigenvalue weighted by molar-refractivity contribution is 7.09. The highest BCUT2D eigenvalue weighted by Crippen LogP contribution is 2.16. The van der Waals surface area contributed by atoms with Crippen molar-refractivity contribution >= 4 is 28.3 Å². The minimum Gasteiger partial charge on any atom is -0.478 e. The molecule has 0 saturated heterocycles. The molecule has 3 aromatic rings. The Hall–Kier alpha value is -2.34. The number of nitrogens with one attached hydrogen (secondary N) is 1. The first-order valence-corrected chi connectivity index (χ1v) is 6.51. The third kappa shape index (κ3) is 2.06. The van der Waals surface area contributed by atoms with E-state index in [1.165, 1.54) is 12.1 Å². The van der Waals surface area contributed by atoms with Crippen LogP contribution < -0.4 is 5.69 Å². The number of aromatic nitrogens is 2. The largest absolute Gasteiger partial charge is 0.478 e. The van der Waals surface area contributed by atoms with Crippen molar-refractivity contribution in [3.05, 3.63) is 56.6 Å². The number of carboxylic acids is 1. The zero-order valence-corrected chi connectivity index (χ0v) is 10.6. The van der Waals surface area contributed by atoms with Crippen molar-refractivity contribution in [1.29, 1.82) is 0 Å². The molecule has 0 aliphatic heterocycles. The van der Waals surface area contributed by atoms with E-state index < -0.39 is 5.97 Å². The maximum absolute atomic E-state index is 11.9. The van der Waals surface area contributed by atoms with E-state index in [-0.39, 0.29) is 11.3 Å². The van der Waals surface area contributed by atoms with E-state index in [4.69, 9.17) is 5.11 Å². The number of hydrogen-bond acceptors (Lipinski definition) is 3. The minimum atomic E-state index is -1.01. The SMILES string of the molecule is O=C(O)c1ccc2c(c1)[nH]c(=O)n2Cc1cccs1. The molecular weight excluding hydrogens is 264 g/mol. The number of imidazole rings is 1. The summed E-state index contributed by atoms with van der Waals surface area (Å²) in [7, 11) is 0. The Labute approximate surface area is 111 Å². The summed E-state index contributed by atoms with van der Waals surface area (Å²) >= 11 is 1.58. The van der Waals surface area contributed by atoms with Gasteiger partial charge in [0.25, 0.3) is 0 Å². The zero-order valence-electron chi connectivity index (χ0n) is 9.79. The summed E-state index contributed by atoms with van der Waals surface area (Å²) in [4.78, 5) is 26.6. The number of hydrogen-bond donors (Lipinski definition) is 2. The minimum absolute atomic E-state index is 0.164. The molecule has 0 atom stereocenters. The van der Waals surface area contributed by atoms with Gasteiger partial charge in [0.1, 0.15) is 0 Å². The molecule has 0 aliphatic carbocycles. The zero-order chi connectivity index (χ0) is 13.4. The molecule has 0 amide bonds. The van der Waals surface area contributed by atoms with Crippen LogP contribution in [0, 0.1) is 0 Å². The van der Waals surface area contributed by atoms with Crippen LogP contribution in [0.15, 0.2) is 40.5 Å². The molecule has 5 nitrogen and oxygen atoms in total. The van der Waals surface area contributed by atoms with Gasteiger partial charge in [0.05, 0.1) is 23.1 Å². The monoisotopic (exact) mass is 274 g/mol. The van der Waals surface area contributed by atoms with Gasteiger partial charge < -0.3 is 10.1 Å². The lowest BCUT2D eigenvalue weighted by Crippen LogP contribution is -2.16. The predicted molar refractivity (Wildman–Crippen MR) is 72.9 cm³/mol. The average Bonchev–Trinajstić information content (AvgIpc) is 2.98. The van der Waals surface area contributed by atoms with Crippen molar-refractivity contribution in [2.45, 2.75) is 6.54 Å². The Morgan fingerprint density at radius 1 is 1.37 bits per heavy atom. The molecule has 0 aliphatic rings. The topological polar surface area (TPSA) is 75.1 Å². The van der Waals surface area contributed by atoms with Gasteiger partial charge in [-0.05, 0) is 29.6 Å². The summed E-state index contributed by atoms with van der Waals surface area (Å²) in [6.45, 7) is 0.489. The molecule has 2 N–H and O–H groups in total. The summed E-state index contributed by atoms with van der Waals surface area (Å²) in [5.74, 6) is -1.01. The first-order chi connectivity index (χ1) is 9.15. The first-order valence-electron chi connectivity index (χ1n) is 5.63. The molecule has 0 fully saturated rings. The molecule has 2 heterocycles. The summed E-state index contributed by atoms with van der Waals surface area (Å²) in [6.07, 6.45) is 0. The van der Waals surface area contributed by atoms with Gasteiger partial charge in [0.15, 0.2) is 0 Å². The first kappa shape index (κ1) is 11.7. The molecular formula is C13H10N2O3S. The smallest absolute Gasteiger partial charge is 0.335 e. The van der Waals surface area contributed by atoms with Crippen LogP contribution in [0.3, 0.4) is 0 Å². The fraction of sp³-hybridized carbons (Fsp3) is 0.0769. The summed E-state index contributed by atoms with van der Waals surface area (Å²) in [5, 5.41) is 10.9. The molecule has 2 aromatic heterocycles. The third-order valence-electron chi connectivity index (χ3n) is 2.92. The van der Waals surface area contributed by atoms with Crippen LogP contribution in [-0.2, 0) is 6.54 Å². The highest BCUT2D eigenvalue weighted by atomic mass is 32.1. The summed E-state index contributed by atoms with van der Waals surface area (Å²) < 4.78 is 1.60. The lowest BCUT2D eigenvalue weighted by atomic mass is 10.2. The van der Waals surface area contributed by atoms with Crippen LogP contribution >= 0.6 is 11.3 Å². The van der Waals surface area contributed by atoms with Gasteiger partial charge in [-0.1, -0.05) is 6.07 Å². The molecule has 96 valence electrons. The van der Waals surface area contributed by atoms with Crippen molar-refractivity contribution in [3.63, 3.8) is 0 Å². The Morgan fingerprint density at radius 3 is 2.89 bits per heavy atom. The van der Waals surface area contributed by atoms with Gasteiger partial charge in [0, 0.05) is 4.88 Å². The number of aromatic amines is 1. The molecule has 19 heavy (non-hydrogen) atoms. The van der Waals surface area contributed by atoms with Gasteiger partial charge in [0.2, 0.25) is 0 Å². The number of benzene rings is 1. The fourth-order valence-corrected chi connectivity index (χ4v) is 2.70. The summed E-state index contributed by atoms with van der Waals surface area (Å²) in [6, 6.07) is 8.53. The number of thiophene rings is 1. The Balaban J connectivity index is 2.12. The molecule has 6 heteroatoms. The van der Waals surface area contributed by atoms with Crippen LogP contribution in [0.5, 0.6) is 0 Å². The second kappa shape index (κ2) is 4.40. The van der Waals surface area contributed by atoms with Crippen LogP contribution in [0.1, 0.15) is 15.2 Å². The van der Waals surface area contributed by atoms with Crippen molar-refractivity contribution in [2.24, 2.45) is 0 Å². The fourth-order valence-electron chi connectivity index (χ4n) is 2.01. The van der Waals surface area contributed by atoms with E-state index in [2.05, 4.69) is 4.98 Å². The van der Waals surface area contributed by atoms with E-state index in [9.17, 15) is 9.59 Å². The second-order valence-electron chi connectivity index (χ2n) is 4.13. The second-order valence-corrected chi connectivity index (χ2v) is 5.16. The van der Waals surface area contributed by atoms with Crippen molar-refractivity contribution < 1.29 is 9.90 Å². The maximum atomic E-state index is 11.9. The van der Waals surface area contributed by atoms with Crippen LogP contribution in [-0.4, -0.2) is 20.6 Å². The lowest BCUT2D eigenvalue weighted by Gasteiger charge is -2.01.